The Morgan fingerprint density at radius 3 is 2.35 bits per heavy atom. The normalized spacial score (nSPS) is 11.8. The number of alkyl halides is 4. The van der Waals surface area contributed by atoms with Crippen LogP contribution in [0, 0.1) is 0 Å². The molecule has 0 fully saturated rings. The third-order valence-electron chi connectivity index (χ3n) is 2.90. The molecule has 2 aromatic rings. The van der Waals surface area contributed by atoms with Crippen LogP contribution < -0.4 is 0 Å². The first-order chi connectivity index (χ1) is 9.45. The molecule has 2 rings (SSSR count). The number of nitrogens with zero attached hydrogens (tertiary/aromatic N) is 2. The lowest BCUT2D eigenvalue weighted by Crippen LogP contribution is -2.05. The van der Waals surface area contributed by atoms with Crippen LogP contribution in [0.2, 0.25) is 0 Å². The monoisotopic (exact) mass is 302 g/mol. The van der Waals surface area contributed by atoms with Gasteiger partial charge < -0.3 is 4.57 Å². The van der Waals surface area contributed by atoms with Crippen molar-refractivity contribution >= 4 is 11.6 Å². The van der Waals surface area contributed by atoms with Gasteiger partial charge >= 0.3 is 6.18 Å². The Morgan fingerprint density at radius 2 is 1.85 bits per heavy atom. The van der Waals surface area contributed by atoms with Gasteiger partial charge in [-0.3, -0.25) is 0 Å². The molecule has 0 aliphatic heterocycles. The fourth-order valence-electron chi connectivity index (χ4n) is 1.94. The Labute approximate surface area is 120 Å². The van der Waals surface area contributed by atoms with Crippen LogP contribution in [-0.4, -0.2) is 9.55 Å². The Balaban J connectivity index is 2.44. The van der Waals surface area contributed by atoms with Crippen molar-refractivity contribution in [2.45, 2.75) is 31.9 Å². The van der Waals surface area contributed by atoms with Gasteiger partial charge in [0.05, 0.1) is 0 Å². The maximum Gasteiger partial charge on any atom is 0.434 e. The molecule has 0 saturated carbocycles. The van der Waals surface area contributed by atoms with Crippen LogP contribution in [0.3, 0.4) is 0 Å². The molecule has 0 spiro atoms. The molecule has 0 saturated heterocycles. The zero-order chi connectivity index (χ0) is 14.8. The molecule has 0 aliphatic carbocycles. The molecule has 1 aromatic carbocycles. The predicted molar refractivity (Wildman–Crippen MR) is 72.5 cm³/mol. The summed E-state index contributed by atoms with van der Waals surface area (Å²) < 4.78 is 39.8. The number of hydrogen-bond acceptors (Lipinski definition) is 1. The van der Waals surface area contributed by atoms with Gasteiger partial charge in [0.2, 0.25) is 0 Å². The lowest BCUT2D eigenvalue weighted by molar-refractivity contribution is -0.140. The van der Waals surface area contributed by atoms with Crippen molar-refractivity contribution < 1.29 is 13.2 Å². The number of rotatable bonds is 4. The Morgan fingerprint density at radius 1 is 1.20 bits per heavy atom. The number of hydrogen-bond donors (Lipinski definition) is 0. The minimum Gasteiger partial charge on any atom is -0.330 e. The highest BCUT2D eigenvalue weighted by Crippen LogP contribution is 2.31. The molecule has 0 amide bonds. The Kier molecular flexibility index (Phi) is 4.38. The third kappa shape index (κ3) is 3.15. The van der Waals surface area contributed by atoms with Gasteiger partial charge in [0, 0.05) is 24.2 Å². The maximum absolute atomic E-state index is 12.8. The van der Waals surface area contributed by atoms with E-state index in [-0.39, 0.29) is 0 Å². The van der Waals surface area contributed by atoms with Crippen molar-refractivity contribution in [1.29, 1.82) is 0 Å². The minimum atomic E-state index is -4.43. The van der Waals surface area contributed by atoms with Gasteiger partial charge in [-0.15, -0.1) is 11.6 Å². The number of halogens is 4. The van der Waals surface area contributed by atoms with E-state index >= 15 is 0 Å². The topological polar surface area (TPSA) is 17.8 Å². The number of imidazole rings is 1. The highest BCUT2D eigenvalue weighted by atomic mass is 35.5. The molecule has 0 radical (unpaired) electrons. The number of aryl methyl sites for hydroxylation is 1. The van der Waals surface area contributed by atoms with E-state index in [1.54, 1.807) is 28.8 Å². The summed E-state index contributed by atoms with van der Waals surface area (Å²) >= 11 is 5.70. The van der Waals surface area contributed by atoms with Crippen molar-refractivity contribution in [3.8, 4) is 11.4 Å². The molecule has 0 aliphatic rings. The summed E-state index contributed by atoms with van der Waals surface area (Å²) in [6.45, 7) is 2.41. The van der Waals surface area contributed by atoms with Gasteiger partial charge in [-0.25, -0.2) is 4.98 Å². The quantitative estimate of drug-likeness (QED) is 0.747. The Bertz CT molecular complexity index is 573. The molecule has 2 nitrogen and oxygen atoms in total. The van der Waals surface area contributed by atoms with Gasteiger partial charge in [-0.2, -0.15) is 13.2 Å². The third-order valence-corrected chi connectivity index (χ3v) is 3.21. The minimum absolute atomic E-state index is 0.334. The van der Waals surface area contributed by atoms with Gasteiger partial charge in [0.1, 0.15) is 5.82 Å². The van der Waals surface area contributed by atoms with Crippen molar-refractivity contribution in [3.05, 3.63) is 41.7 Å². The van der Waals surface area contributed by atoms with Gasteiger partial charge in [0.25, 0.3) is 0 Å². The molecular formula is C14H14ClF3N2. The first-order valence-corrected chi connectivity index (χ1v) is 6.78. The lowest BCUT2D eigenvalue weighted by Gasteiger charge is -2.06. The van der Waals surface area contributed by atoms with Crippen molar-refractivity contribution in [3.63, 3.8) is 0 Å². The standard InChI is InChI=1S/C14H14ClF3N2/c1-2-7-20-9-12(14(16,17)18)19-13(20)11-5-3-10(8-15)4-6-11/h3-6,9H,2,7-8H2,1H3. The zero-order valence-electron chi connectivity index (χ0n) is 10.9. The summed E-state index contributed by atoms with van der Waals surface area (Å²) in [7, 11) is 0. The lowest BCUT2D eigenvalue weighted by atomic mass is 10.1. The second-order valence-corrected chi connectivity index (χ2v) is 4.74. The fraction of sp³-hybridized carbons (Fsp3) is 0.357. The van der Waals surface area contributed by atoms with Gasteiger partial charge in [0.15, 0.2) is 5.69 Å². The van der Waals surface area contributed by atoms with Crippen molar-refractivity contribution in [2.75, 3.05) is 0 Å². The van der Waals surface area contributed by atoms with Crippen molar-refractivity contribution in [2.24, 2.45) is 0 Å². The molecular weight excluding hydrogens is 289 g/mol. The summed E-state index contributed by atoms with van der Waals surface area (Å²) in [4.78, 5) is 3.73. The second-order valence-electron chi connectivity index (χ2n) is 4.47. The number of aromatic nitrogens is 2. The van der Waals surface area contributed by atoms with E-state index in [1.165, 1.54) is 0 Å². The fourth-order valence-corrected chi connectivity index (χ4v) is 2.12. The SMILES string of the molecule is CCCn1cc(C(F)(F)F)nc1-c1ccc(CCl)cc1. The average Bonchev–Trinajstić information content (AvgIpc) is 2.83. The van der Waals surface area contributed by atoms with Gasteiger partial charge in [-0.05, 0) is 12.0 Å². The molecule has 0 unspecified atom stereocenters. The highest BCUT2D eigenvalue weighted by molar-refractivity contribution is 6.17. The number of benzene rings is 1. The van der Waals surface area contributed by atoms with Gasteiger partial charge in [-0.1, -0.05) is 31.2 Å². The molecule has 20 heavy (non-hydrogen) atoms. The van der Waals surface area contributed by atoms with E-state index in [2.05, 4.69) is 4.98 Å². The summed E-state index contributed by atoms with van der Waals surface area (Å²) in [5.74, 6) is 0.706. The maximum atomic E-state index is 12.8. The van der Waals surface area contributed by atoms with E-state index in [0.717, 1.165) is 18.2 Å². The average molecular weight is 303 g/mol. The first-order valence-electron chi connectivity index (χ1n) is 6.25. The van der Waals surface area contributed by atoms with E-state index in [4.69, 9.17) is 11.6 Å². The smallest absolute Gasteiger partial charge is 0.330 e. The van der Waals surface area contributed by atoms with Crippen LogP contribution in [0.5, 0.6) is 0 Å². The summed E-state index contributed by atoms with van der Waals surface area (Å²) in [6.07, 6.45) is -2.63. The predicted octanol–water partition coefficient (Wildman–Crippen LogP) is 4.72. The zero-order valence-corrected chi connectivity index (χ0v) is 11.7. The molecule has 1 aromatic heterocycles. The molecule has 0 bridgehead atoms. The largest absolute Gasteiger partial charge is 0.434 e. The molecule has 0 atom stereocenters. The summed E-state index contributed by atoms with van der Waals surface area (Å²) in [5.41, 5.74) is 0.713. The van der Waals surface area contributed by atoms with Crippen LogP contribution in [0.1, 0.15) is 24.6 Å². The first kappa shape index (κ1) is 14.9. The van der Waals surface area contributed by atoms with E-state index in [1.807, 2.05) is 6.92 Å². The van der Waals surface area contributed by atoms with Crippen LogP contribution in [-0.2, 0) is 18.6 Å². The Hall–Kier alpha value is -1.49. The highest BCUT2D eigenvalue weighted by Gasteiger charge is 2.34. The van der Waals surface area contributed by atoms with E-state index < -0.39 is 11.9 Å². The van der Waals surface area contributed by atoms with Crippen molar-refractivity contribution in [1.82, 2.24) is 9.55 Å². The molecule has 108 valence electrons. The van der Waals surface area contributed by atoms with Crippen LogP contribution in [0.15, 0.2) is 30.5 Å². The van der Waals surface area contributed by atoms with Crippen LogP contribution >= 0.6 is 11.6 Å². The second kappa shape index (κ2) is 5.87. The molecule has 0 N–H and O–H groups in total. The summed E-state index contributed by atoms with van der Waals surface area (Å²) in [6, 6.07) is 7.07. The van der Waals surface area contributed by atoms with Crippen LogP contribution in [0.25, 0.3) is 11.4 Å². The molecule has 6 heteroatoms. The van der Waals surface area contributed by atoms with E-state index in [0.29, 0.717) is 23.8 Å². The molecule has 1 heterocycles. The van der Waals surface area contributed by atoms with E-state index in [9.17, 15) is 13.2 Å². The summed E-state index contributed by atoms with van der Waals surface area (Å²) in [5, 5.41) is 0. The van der Waals surface area contributed by atoms with Crippen LogP contribution in [0.4, 0.5) is 13.2 Å².